The van der Waals surface area contributed by atoms with Gasteiger partial charge in [0.2, 0.25) is 5.91 Å². The Morgan fingerprint density at radius 1 is 1.22 bits per heavy atom. The Balaban J connectivity index is 2.03. The quantitative estimate of drug-likeness (QED) is 0.834. The van der Waals surface area contributed by atoms with Gasteiger partial charge >= 0.3 is 0 Å². The first kappa shape index (κ1) is 18.0. The smallest absolute Gasteiger partial charge is 0.262 e. The van der Waals surface area contributed by atoms with Crippen LogP contribution in [-0.2, 0) is 4.79 Å². The summed E-state index contributed by atoms with van der Waals surface area (Å²) in [7, 11) is 1.89. The maximum Gasteiger partial charge on any atom is 0.262 e. The maximum absolute atomic E-state index is 12.9. The van der Waals surface area contributed by atoms with E-state index in [4.69, 9.17) is 0 Å². The fourth-order valence-corrected chi connectivity index (χ4v) is 3.80. The van der Waals surface area contributed by atoms with Crippen molar-refractivity contribution in [3.05, 3.63) is 22.4 Å². The van der Waals surface area contributed by atoms with Crippen LogP contribution in [0.4, 0.5) is 0 Å². The van der Waals surface area contributed by atoms with Gasteiger partial charge in [0.15, 0.2) is 0 Å². The van der Waals surface area contributed by atoms with E-state index in [1.807, 2.05) is 37.2 Å². The molecule has 0 spiro atoms. The number of amides is 2. The Hall–Kier alpha value is -1.36. The van der Waals surface area contributed by atoms with Crippen LogP contribution in [0.1, 0.15) is 62.0 Å². The highest BCUT2D eigenvalue weighted by Gasteiger charge is 2.31. The van der Waals surface area contributed by atoms with Gasteiger partial charge in [-0.2, -0.15) is 0 Å². The number of hydrogen-bond acceptors (Lipinski definition) is 3. The van der Waals surface area contributed by atoms with Gasteiger partial charge in [0, 0.05) is 13.1 Å². The predicted octanol–water partition coefficient (Wildman–Crippen LogP) is 3.68. The number of carbonyl (C=O) groups is 2. The molecule has 1 aliphatic carbocycles. The normalized spacial score (nSPS) is 17.6. The van der Waals surface area contributed by atoms with E-state index in [1.54, 1.807) is 6.07 Å². The zero-order valence-electron chi connectivity index (χ0n) is 14.4. The molecule has 1 aliphatic rings. The van der Waals surface area contributed by atoms with Gasteiger partial charge in [0.05, 0.1) is 4.88 Å². The Bertz CT molecular complexity index is 505. The van der Waals surface area contributed by atoms with Gasteiger partial charge in [-0.25, -0.2) is 0 Å². The van der Waals surface area contributed by atoms with Gasteiger partial charge in [-0.15, -0.1) is 11.3 Å². The second-order valence-electron chi connectivity index (χ2n) is 6.77. The Kier molecular flexibility index (Phi) is 6.63. The monoisotopic (exact) mass is 336 g/mol. The summed E-state index contributed by atoms with van der Waals surface area (Å²) < 4.78 is 0. The van der Waals surface area contributed by atoms with E-state index in [2.05, 4.69) is 5.32 Å². The van der Waals surface area contributed by atoms with Crippen molar-refractivity contribution in [1.82, 2.24) is 10.2 Å². The van der Waals surface area contributed by atoms with Gasteiger partial charge < -0.3 is 10.2 Å². The Morgan fingerprint density at radius 3 is 2.39 bits per heavy atom. The van der Waals surface area contributed by atoms with Crippen LogP contribution in [0.2, 0.25) is 0 Å². The first-order chi connectivity index (χ1) is 11.0. The van der Waals surface area contributed by atoms with E-state index in [9.17, 15) is 9.59 Å². The molecule has 1 saturated carbocycles. The number of nitrogens with one attached hydrogen (secondary N) is 1. The summed E-state index contributed by atoms with van der Waals surface area (Å²) in [5.74, 6) is -0.0437. The van der Waals surface area contributed by atoms with Crippen molar-refractivity contribution in [3.63, 3.8) is 0 Å². The molecule has 1 heterocycles. The summed E-state index contributed by atoms with van der Waals surface area (Å²) in [6.07, 6.45) is 7.06. The van der Waals surface area contributed by atoms with Gasteiger partial charge in [0.25, 0.3) is 5.91 Å². The van der Waals surface area contributed by atoms with E-state index in [-0.39, 0.29) is 17.7 Å². The van der Waals surface area contributed by atoms with Crippen molar-refractivity contribution in [2.45, 2.75) is 64.5 Å². The Morgan fingerprint density at radius 2 is 1.87 bits per heavy atom. The minimum Gasteiger partial charge on any atom is -0.341 e. The molecule has 1 atom stereocenters. The SMILES string of the molecule is CC(C)C(NC(=O)c1cccs1)C(=O)N(C)C1CCCCCC1. The van der Waals surface area contributed by atoms with Crippen molar-refractivity contribution in [2.24, 2.45) is 5.92 Å². The molecule has 0 saturated heterocycles. The fourth-order valence-electron chi connectivity index (χ4n) is 3.18. The highest BCUT2D eigenvalue weighted by molar-refractivity contribution is 7.12. The van der Waals surface area contributed by atoms with Crippen LogP contribution in [-0.4, -0.2) is 35.8 Å². The van der Waals surface area contributed by atoms with Gasteiger partial charge in [0.1, 0.15) is 6.04 Å². The zero-order chi connectivity index (χ0) is 16.8. The molecule has 128 valence electrons. The van der Waals surface area contributed by atoms with Crippen molar-refractivity contribution in [2.75, 3.05) is 7.05 Å². The van der Waals surface area contributed by atoms with Gasteiger partial charge in [-0.05, 0) is 30.2 Å². The molecule has 1 aromatic heterocycles. The molecule has 23 heavy (non-hydrogen) atoms. The van der Waals surface area contributed by atoms with Gasteiger partial charge in [-0.1, -0.05) is 45.6 Å². The summed E-state index contributed by atoms with van der Waals surface area (Å²) >= 11 is 1.40. The van der Waals surface area contributed by atoms with Gasteiger partial charge in [-0.3, -0.25) is 9.59 Å². The third-order valence-electron chi connectivity index (χ3n) is 4.68. The molecule has 4 nitrogen and oxygen atoms in total. The van der Waals surface area contributed by atoms with Crippen LogP contribution in [0.25, 0.3) is 0 Å². The molecule has 2 rings (SSSR count). The minimum absolute atomic E-state index is 0.0387. The summed E-state index contributed by atoms with van der Waals surface area (Å²) in [5.41, 5.74) is 0. The standard InChI is InChI=1S/C18H28N2O2S/c1-13(2)16(19-17(21)15-11-8-12-23-15)18(22)20(3)14-9-6-4-5-7-10-14/h8,11-14,16H,4-7,9-10H2,1-3H3,(H,19,21). The summed E-state index contributed by atoms with van der Waals surface area (Å²) in [6, 6.07) is 3.49. The van der Waals surface area contributed by atoms with E-state index in [0.29, 0.717) is 10.9 Å². The highest BCUT2D eigenvalue weighted by atomic mass is 32.1. The largest absolute Gasteiger partial charge is 0.341 e. The number of thiophene rings is 1. The lowest BCUT2D eigenvalue weighted by molar-refractivity contribution is -0.135. The molecule has 0 aliphatic heterocycles. The van der Waals surface area contributed by atoms with Crippen molar-refractivity contribution in [3.8, 4) is 0 Å². The van der Waals surface area contributed by atoms with E-state index in [0.717, 1.165) is 12.8 Å². The highest BCUT2D eigenvalue weighted by Crippen LogP contribution is 2.22. The third kappa shape index (κ3) is 4.80. The second-order valence-corrected chi connectivity index (χ2v) is 7.71. The number of likely N-dealkylation sites (N-methyl/N-ethyl adjacent to an activating group) is 1. The lowest BCUT2D eigenvalue weighted by atomic mass is 10.0. The van der Waals surface area contributed by atoms with Crippen LogP contribution < -0.4 is 5.32 Å². The first-order valence-electron chi connectivity index (χ1n) is 8.61. The minimum atomic E-state index is -0.460. The third-order valence-corrected chi connectivity index (χ3v) is 5.55. The second kappa shape index (κ2) is 8.48. The van der Waals surface area contributed by atoms with Crippen molar-refractivity contribution < 1.29 is 9.59 Å². The molecule has 0 aromatic carbocycles. The van der Waals surface area contributed by atoms with Crippen LogP contribution in [0.5, 0.6) is 0 Å². The lowest BCUT2D eigenvalue weighted by Crippen LogP contribution is -2.52. The number of rotatable bonds is 5. The molecule has 1 N–H and O–H groups in total. The number of nitrogens with zero attached hydrogens (tertiary/aromatic N) is 1. The molecular formula is C18H28N2O2S. The molecule has 1 unspecified atom stereocenters. The molecule has 0 bridgehead atoms. The summed E-state index contributed by atoms with van der Waals surface area (Å²) in [6.45, 7) is 3.97. The van der Waals surface area contributed by atoms with E-state index in [1.165, 1.54) is 37.0 Å². The van der Waals surface area contributed by atoms with Crippen LogP contribution in [0.15, 0.2) is 17.5 Å². The van der Waals surface area contributed by atoms with E-state index >= 15 is 0 Å². The van der Waals surface area contributed by atoms with Crippen LogP contribution in [0, 0.1) is 5.92 Å². The molecule has 5 heteroatoms. The molecular weight excluding hydrogens is 308 g/mol. The number of hydrogen-bond donors (Lipinski definition) is 1. The topological polar surface area (TPSA) is 49.4 Å². The van der Waals surface area contributed by atoms with Crippen LogP contribution in [0.3, 0.4) is 0 Å². The zero-order valence-corrected chi connectivity index (χ0v) is 15.2. The first-order valence-corrected chi connectivity index (χ1v) is 9.49. The fraction of sp³-hybridized carbons (Fsp3) is 0.667. The number of carbonyl (C=O) groups excluding carboxylic acids is 2. The van der Waals surface area contributed by atoms with E-state index < -0.39 is 6.04 Å². The average Bonchev–Trinajstić information content (AvgIpc) is 2.93. The Labute approximate surface area is 143 Å². The molecule has 1 fully saturated rings. The lowest BCUT2D eigenvalue weighted by Gasteiger charge is -2.32. The average molecular weight is 337 g/mol. The maximum atomic E-state index is 12.9. The predicted molar refractivity (Wildman–Crippen MR) is 94.7 cm³/mol. The van der Waals surface area contributed by atoms with Crippen molar-refractivity contribution in [1.29, 1.82) is 0 Å². The summed E-state index contributed by atoms with van der Waals surface area (Å²) in [4.78, 5) is 27.8. The van der Waals surface area contributed by atoms with Crippen LogP contribution >= 0.6 is 11.3 Å². The summed E-state index contributed by atoms with van der Waals surface area (Å²) in [5, 5.41) is 4.81. The van der Waals surface area contributed by atoms with Crippen molar-refractivity contribution >= 4 is 23.2 Å². The molecule has 1 aromatic rings. The molecule has 2 amide bonds. The molecule has 0 radical (unpaired) electrons.